The molecule has 0 saturated heterocycles. The number of amides is 1. The average molecular weight is 381 g/mol. The van der Waals surface area contributed by atoms with Gasteiger partial charge in [-0.3, -0.25) is 9.20 Å². The number of halogens is 1. The lowest BCUT2D eigenvalue weighted by Crippen LogP contribution is -2.17. The molecule has 27 heavy (non-hydrogen) atoms. The van der Waals surface area contributed by atoms with Gasteiger partial charge in [-0.1, -0.05) is 0 Å². The Bertz CT molecular complexity index is 1130. The molecular weight excluding hydrogens is 365 g/mol. The molecular formula is C19H16FN5OS. The molecule has 4 rings (SSSR count). The maximum absolute atomic E-state index is 14.0. The minimum absolute atomic E-state index is 0.131. The Balaban J connectivity index is 1.62. The first-order valence-corrected chi connectivity index (χ1v) is 9.13. The molecule has 1 amide bonds. The first-order valence-electron chi connectivity index (χ1n) is 8.25. The smallest absolute Gasteiger partial charge is 0.251 e. The lowest BCUT2D eigenvalue weighted by molar-refractivity contribution is 0.0963. The van der Waals surface area contributed by atoms with Gasteiger partial charge in [-0.05, 0) is 43.3 Å². The molecule has 4 aromatic rings. The first kappa shape index (κ1) is 17.2. The van der Waals surface area contributed by atoms with Gasteiger partial charge in [0.05, 0.1) is 11.4 Å². The van der Waals surface area contributed by atoms with Crippen molar-refractivity contribution >= 4 is 33.7 Å². The van der Waals surface area contributed by atoms with Crippen LogP contribution in [0.1, 0.15) is 16.1 Å². The third-order valence-corrected chi connectivity index (χ3v) is 4.91. The number of thiazole rings is 1. The van der Waals surface area contributed by atoms with Gasteiger partial charge in [0, 0.05) is 29.9 Å². The number of anilines is 2. The van der Waals surface area contributed by atoms with Gasteiger partial charge >= 0.3 is 0 Å². The largest absolute Gasteiger partial charge is 0.355 e. The van der Waals surface area contributed by atoms with Crippen LogP contribution in [0.4, 0.5) is 15.2 Å². The van der Waals surface area contributed by atoms with Crippen molar-refractivity contribution < 1.29 is 9.18 Å². The van der Waals surface area contributed by atoms with Gasteiger partial charge in [0.1, 0.15) is 5.69 Å². The highest BCUT2D eigenvalue weighted by Crippen LogP contribution is 2.30. The molecule has 0 fully saturated rings. The number of nitrogens with one attached hydrogen (secondary N) is 2. The molecule has 3 aromatic heterocycles. The molecule has 0 aliphatic carbocycles. The summed E-state index contributed by atoms with van der Waals surface area (Å²) in [5.74, 6) is -0.495. The molecule has 0 saturated carbocycles. The predicted octanol–water partition coefficient (Wildman–Crippen LogP) is 4.01. The lowest BCUT2D eigenvalue weighted by Gasteiger charge is -2.04. The van der Waals surface area contributed by atoms with E-state index in [9.17, 15) is 9.18 Å². The molecule has 0 radical (unpaired) electrons. The number of benzene rings is 1. The van der Waals surface area contributed by atoms with Crippen LogP contribution in [-0.2, 0) is 0 Å². The van der Waals surface area contributed by atoms with Gasteiger partial charge in [0.15, 0.2) is 16.6 Å². The Labute approximate surface area is 158 Å². The van der Waals surface area contributed by atoms with Crippen LogP contribution in [0.3, 0.4) is 0 Å². The number of carbonyl (C=O) groups excluding carboxylic acids is 1. The van der Waals surface area contributed by atoms with E-state index in [0.717, 1.165) is 17.1 Å². The van der Waals surface area contributed by atoms with E-state index in [-0.39, 0.29) is 17.4 Å². The highest BCUT2D eigenvalue weighted by Gasteiger charge is 2.16. The number of hydrogen-bond acceptors (Lipinski definition) is 5. The number of pyridine rings is 1. The average Bonchev–Trinajstić information content (AvgIpc) is 3.26. The Morgan fingerprint density at radius 3 is 2.70 bits per heavy atom. The van der Waals surface area contributed by atoms with Crippen LogP contribution < -0.4 is 10.6 Å². The van der Waals surface area contributed by atoms with Gasteiger partial charge in [-0.25, -0.2) is 14.4 Å². The van der Waals surface area contributed by atoms with Crippen molar-refractivity contribution in [3.05, 3.63) is 65.0 Å². The zero-order chi connectivity index (χ0) is 19.0. The fourth-order valence-electron chi connectivity index (χ4n) is 2.87. The molecule has 0 spiro atoms. The summed E-state index contributed by atoms with van der Waals surface area (Å²) in [5.41, 5.74) is 3.91. The second-order valence-corrected chi connectivity index (χ2v) is 6.77. The minimum Gasteiger partial charge on any atom is -0.355 e. The maximum atomic E-state index is 14.0. The van der Waals surface area contributed by atoms with E-state index in [0.29, 0.717) is 16.4 Å². The fourth-order valence-corrected chi connectivity index (χ4v) is 3.58. The van der Waals surface area contributed by atoms with Gasteiger partial charge < -0.3 is 10.6 Å². The number of nitrogens with zero attached hydrogens (tertiary/aromatic N) is 3. The maximum Gasteiger partial charge on any atom is 0.251 e. The molecule has 136 valence electrons. The Hall–Kier alpha value is -3.26. The van der Waals surface area contributed by atoms with E-state index in [1.54, 1.807) is 35.8 Å². The molecule has 1 aromatic carbocycles. The normalized spacial score (nSPS) is 10.9. The quantitative estimate of drug-likeness (QED) is 0.560. The number of fused-ring (bicyclic) bond motifs is 1. The van der Waals surface area contributed by atoms with Crippen LogP contribution in [0.25, 0.3) is 17.0 Å². The van der Waals surface area contributed by atoms with Crippen LogP contribution >= 0.6 is 11.3 Å². The Kier molecular flexibility index (Phi) is 4.33. The van der Waals surface area contributed by atoms with Gasteiger partial charge in [-0.2, -0.15) is 0 Å². The molecule has 6 nitrogen and oxygen atoms in total. The summed E-state index contributed by atoms with van der Waals surface area (Å²) >= 11 is 1.44. The van der Waals surface area contributed by atoms with Gasteiger partial charge in [-0.15, -0.1) is 11.3 Å². The van der Waals surface area contributed by atoms with Gasteiger partial charge in [0.2, 0.25) is 0 Å². The van der Waals surface area contributed by atoms with Crippen molar-refractivity contribution in [1.29, 1.82) is 0 Å². The summed E-state index contributed by atoms with van der Waals surface area (Å²) in [4.78, 5) is 20.5. The van der Waals surface area contributed by atoms with Crippen molar-refractivity contribution in [3.63, 3.8) is 0 Å². The molecule has 0 unspecified atom stereocenters. The van der Waals surface area contributed by atoms with Crippen LogP contribution in [-0.4, -0.2) is 27.3 Å². The zero-order valence-corrected chi connectivity index (χ0v) is 15.5. The summed E-state index contributed by atoms with van der Waals surface area (Å²) < 4.78 is 15.7. The van der Waals surface area contributed by atoms with E-state index < -0.39 is 0 Å². The second kappa shape index (κ2) is 6.81. The minimum atomic E-state index is -0.364. The summed E-state index contributed by atoms with van der Waals surface area (Å²) in [7, 11) is 1.60. The Morgan fingerprint density at radius 1 is 1.19 bits per heavy atom. The van der Waals surface area contributed by atoms with Crippen molar-refractivity contribution in [2.75, 3.05) is 12.4 Å². The summed E-state index contributed by atoms with van der Waals surface area (Å²) in [5, 5.41) is 8.41. The van der Waals surface area contributed by atoms with Crippen LogP contribution in [0.5, 0.6) is 0 Å². The van der Waals surface area contributed by atoms with E-state index in [2.05, 4.69) is 20.6 Å². The molecule has 3 heterocycles. The number of aromatic nitrogens is 3. The summed E-state index contributed by atoms with van der Waals surface area (Å²) in [6, 6.07) is 10.2. The topological polar surface area (TPSA) is 71.3 Å². The third-order valence-electron chi connectivity index (χ3n) is 4.15. The summed E-state index contributed by atoms with van der Waals surface area (Å²) in [6.45, 7) is 1.84. The Morgan fingerprint density at radius 2 is 1.96 bits per heavy atom. The highest BCUT2D eigenvalue weighted by atomic mass is 32.1. The van der Waals surface area contributed by atoms with Crippen molar-refractivity contribution in [3.8, 4) is 11.4 Å². The highest BCUT2D eigenvalue weighted by molar-refractivity contribution is 7.14. The van der Waals surface area contributed by atoms with Crippen LogP contribution in [0.2, 0.25) is 0 Å². The SMILES string of the molecule is CNC(=O)c1ccc(Nc2nc(-c3c(C)nc4c(F)cccn34)cs2)cc1. The molecule has 8 heteroatoms. The van der Waals surface area contributed by atoms with E-state index >= 15 is 0 Å². The monoisotopic (exact) mass is 381 g/mol. The number of imidazole rings is 1. The van der Waals surface area contributed by atoms with E-state index in [1.807, 2.05) is 24.4 Å². The number of hydrogen-bond donors (Lipinski definition) is 2. The molecule has 2 N–H and O–H groups in total. The second-order valence-electron chi connectivity index (χ2n) is 5.91. The van der Waals surface area contributed by atoms with Crippen molar-refractivity contribution in [2.24, 2.45) is 0 Å². The number of rotatable bonds is 4. The lowest BCUT2D eigenvalue weighted by atomic mass is 10.2. The van der Waals surface area contributed by atoms with Crippen LogP contribution in [0.15, 0.2) is 48.0 Å². The molecule has 0 aliphatic heterocycles. The molecule has 0 aliphatic rings. The standard InChI is InChI=1S/C19H16FN5OS/c1-11-16(25-9-3-4-14(20)17(25)22-11)15-10-27-19(24-15)23-13-7-5-12(6-8-13)18(26)21-2/h3-10H,1-2H3,(H,21,26)(H,23,24). The first-order chi connectivity index (χ1) is 13.1. The van der Waals surface area contributed by atoms with Gasteiger partial charge in [0.25, 0.3) is 5.91 Å². The number of carbonyl (C=O) groups is 1. The zero-order valence-electron chi connectivity index (χ0n) is 14.7. The molecule has 0 bridgehead atoms. The number of aryl methyl sites for hydroxylation is 1. The third kappa shape index (κ3) is 3.15. The van der Waals surface area contributed by atoms with Crippen molar-refractivity contribution in [2.45, 2.75) is 6.92 Å². The van der Waals surface area contributed by atoms with Crippen molar-refractivity contribution in [1.82, 2.24) is 19.7 Å². The molecule has 0 atom stereocenters. The predicted molar refractivity (Wildman–Crippen MR) is 104 cm³/mol. The fraction of sp³-hybridized carbons (Fsp3) is 0.105. The van der Waals surface area contributed by atoms with E-state index in [1.165, 1.54) is 17.4 Å². The summed E-state index contributed by atoms with van der Waals surface area (Å²) in [6.07, 6.45) is 1.78. The van der Waals surface area contributed by atoms with Crippen LogP contribution in [0, 0.1) is 12.7 Å². The van der Waals surface area contributed by atoms with E-state index in [4.69, 9.17) is 0 Å².